The highest BCUT2D eigenvalue weighted by atomic mass is 32.1. The van der Waals surface area contributed by atoms with Gasteiger partial charge < -0.3 is 11.1 Å². The van der Waals surface area contributed by atoms with E-state index in [1.54, 1.807) is 0 Å². The highest BCUT2D eigenvalue weighted by Crippen LogP contribution is 2.00. The van der Waals surface area contributed by atoms with Gasteiger partial charge in [0.2, 0.25) is 5.12 Å². The normalized spacial score (nSPS) is 13.3. The van der Waals surface area contributed by atoms with E-state index in [4.69, 9.17) is 5.73 Å². The number of carbonyl (C=O) groups is 1. The second-order valence-corrected chi connectivity index (χ2v) is 3.99. The highest BCUT2D eigenvalue weighted by Gasteiger charge is 2.07. The third-order valence-corrected chi connectivity index (χ3v) is 2.14. The Morgan fingerprint density at radius 3 is 2.54 bits per heavy atom. The summed E-state index contributed by atoms with van der Waals surface area (Å²) in [6, 6.07) is 0.141. The molecule has 0 radical (unpaired) electrons. The molecular weight excluding hydrogens is 184 g/mol. The largest absolute Gasteiger partial charge is 0.321 e. The number of nitrogens with one attached hydrogen (secondary N) is 1. The summed E-state index contributed by atoms with van der Waals surface area (Å²) in [4.78, 5) is 10.6. The molecule has 78 valence electrons. The zero-order chi connectivity index (χ0) is 10.3. The van der Waals surface area contributed by atoms with E-state index in [2.05, 4.69) is 31.8 Å². The molecule has 0 spiro atoms. The van der Waals surface area contributed by atoms with Gasteiger partial charge in [0, 0.05) is 6.04 Å². The van der Waals surface area contributed by atoms with Crippen LogP contribution in [0.25, 0.3) is 0 Å². The first-order chi connectivity index (χ1) is 6.04. The van der Waals surface area contributed by atoms with Crippen molar-refractivity contribution >= 4 is 17.7 Å². The van der Waals surface area contributed by atoms with E-state index < -0.39 is 0 Å². The van der Waals surface area contributed by atoms with Crippen molar-refractivity contribution in [2.24, 2.45) is 5.73 Å². The summed E-state index contributed by atoms with van der Waals surface area (Å²) in [6.07, 6.45) is 2.78. The predicted molar refractivity (Wildman–Crippen MR) is 59.0 cm³/mol. The van der Waals surface area contributed by atoms with Crippen molar-refractivity contribution in [3.63, 3.8) is 0 Å². The lowest BCUT2D eigenvalue weighted by Crippen LogP contribution is -2.27. The molecule has 0 aromatic carbocycles. The second kappa shape index (κ2) is 7.35. The first kappa shape index (κ1) is 12.9. The van der Waals surface area contributed by atoms with E-state index in [9.17, 15) is 4.79 Å². The van der Waals surface area contributed by atoms with Gasteiger partial charge in [0.05, 0.1) is 6.04 Å². The Labute approximate surface area is 85.9 Å². The molecule has 0 aromatic rings. The number of rotatable bonds is 7. The van der Waals surface area contributed by atoms with Gasteiger partial charge in [-0.25, -0.2) is 0 Å². The van der Waals surface area contributed by atoms with Crippen LogP contribution in [-0.4, -0.2) is 23.7 Å². The number of hydrogen-bond donors (Lipinski definition) is 3. The molecule has 0 heterocycles. The maximum Gasteiger partial charge on any atom is 0.202 e. The van der Waals surface area contributed by atoms with Crippen LogP contribution in [0.5, 0.6) is 0 Å². The summed E-state index contributed by atoms with van der Waals surface area (Å²) in [5.41, 5.74) is 5.51. The molecule has 13 heavy (non-hydrogen) atoms. The Morgan fingerprint density at radius 1 is 1.46 bits per heavy atom. The van der Waals surface area contributed by atoms with Crippen LogP contribution in [0.1, 0.15) is 33.1 Å². The third-order valence-electron chi connectivity index (χ3n) is 1.81. The van der Waals surface area contributed by atoms with Crippen molar-refractivity contribution < 1.29 is 4.79 Å². The lowest BCUT2D eigenvalue weighted by molar-refractivity contribution is -0.112. The van der Waals surface area contributed by atoms with E-state index in [-0.39, 0.29) is 11.2 Å². The number of hydrogen-bond acceptors (Lipinski definition) is 3. The van der Waals surface area contributed by atoms with Gasteiger partial charge in [-0.1, -0.05) is 20.3 Å². The quantitative estimate of drug-likeness (QED) is 0.427. The Kier molecular flexibility index (Phi) is 7.32. The molecule has 0 saturated carbocycles. The lowest BCUT2D eigenvalue weighted by Gasteiger charge is -2.09. The van der Waals surface area contributed by atoms with Gasteiger partial charge in [-0.3, -0.25) is 4.79 Å². The number of unbranched alkanes of at least 4 members (excludes halogenated alkanes) is 1. The van der Waals surface area contributed by atoms with Gasteiger partial charge in [0.15, 0.2) is 0 Å². The SMILES string of the molecule is CC(C)NCCCCC(N)C(=O)S. The number of nitrogens with two attached hydrogens (primary N) is 1. The van der Waals surface area contributed by atoms with Gasteiger partial charge in [-0.2, -0.15) is 0 Å². The summed E-state index contributed by atoms with van der Waals surface area (Å²) in [7, 11) is 0. The second-order valence-electron chi connectivity index (χ2n) is 3.55. The molecule has 0 bridgehead atoms. The van der Waals surface area contributed by atoms with Gasteiger partial charge in [0.1, 0.15) is 0 Å². The van der Waals surface area contributed by atoms with E-state index in [0.29, 0.717) is 6.04 Å². The predicted octanol–water partition coefficient (Wildman–Crippen LogP) is 0.938. The Balaban J connectivity index is 3.21. The molecular formula is C9H20N2OS. The minimum atomic E-state index is -0.387. The molecule has 1 unspecified atom stereocenters. The lowest BCUT2D eigenvalue weighted by atomic mass is 10.1. The van der Waals surface area contributed by atoms with Crippen molar-refractivity contribution in [3.05, 3.63) is 0 Å². The smallest absolute Gasteiger partial charge is 0.202 e. The van der Waals surface area contributed by atoms with Crippen molar-refractivity contribution in [2.45, 2.75) is 45.2 Å². The van der Waals surface area contributed by atoms with E-state index in [1.165, 1.54) is 0 Å². The summed E-state index contributed by atoms with van der Waals surface area (Å²) in [5.74, 6) is 0. The van der Waals surface area contributed by atoms with Gasteiger partial charge in [-0.05, 0) is 19.4 Å². The topological polar surface area (TPSA) is 55.1 Å². The summed E-state index contributed by atoms with van der Waals surface area (Å²) < 4.78 is 0. The molecule has 3 nitrogen and oxygen atoms in total. The average molecular weight is 204 g/mol. The fraction of sp³-hybridized carbons (Fsp3) is 0.889. The van der Waals surface area contributed by atoms with Crippen molar-refractivity contribution in [1.82, 2.24) is 5.32 Å². The van der Waals surface area contributed by atoms with Gasteiger partial charge in [0.25, 0.3) is 0 Å². The molecule has 0 saturated heterocycles. The molecule has 0 aliphatic rings. The zero-order valence-electron chi connectivity index (χ0n) is 8.42. The van der Waals surface area contributed by atoms with Gasteiger partial charge >= 0.3 is 0 Å². The Hall–Kier alpha value is -0.0600. The van der Waals surface area contributed by atoms with Crippen LogP contribution in [0.3, 0.4) is 0 Å². The molecule has 0 rings (SSSR count). The molecule has 0 aliphatic carbocycles. The average Bonchev–Trinajstić information content (AvgIpc) is 2.02. The molecule has 4 heteroatoms. The highest BCUT2D eigenvalue weighted by molar-refractivity contribution is 7.96. The van der Waals surface area contributed by atoms with E-state index in [1.807, 2.05) is 0 Å². The molecule has 0 aliphatic heterocycles. The molecule has 1 atom stereocenters. The summed E-state index contributed by atoms with van der Waals surface area (Å²) in [6.45, 7) is 5.22. The fourth-order valence-corrected chi connectivity index (χ4v) is 1.13. The summed E-state index contributed by atoms with van der Waals surface area (Å²) >= 11 is 3.67. The standard InChI is InChI=1S/C9H20N2OS/c1-7(2)11-6-4-3-5-8(10)9(12)13/h7-8,11H,3-6,10H2,1-2H3,(H,12,13). The summed E-state index contributed by atoms with van der Waals surface area (Å²) in [5, 5.41) is 3.09. The van der Waals surface area contributed by atoms with Crippen LogP contribution in [0.4, 0.5) is 0 Å². The minimum absolute atomic E-state index is 0.211. The molecule has 0 fully saturated rings. The third kappa shape index (κ3) is 8.28. The first-order valence-electron chi connectivity index (χ1n) is 4.75. The van der Waals surface area contributed by atoms with Crippen molar-refractivity contribution in [1.29, 1.82) is 0 Å². The van der Waals surface area contributed by atoms with Crippen LogP contribution < -0.4 is 11.1 Å². The Morgan fingerprint density at radius 2 is 2.08 bits per heavy atom. The maximum atomic E-state index is 10.6. The van der Waals surface area contributed by atoms with E-state index in [0.717, 1.165) is 25.8 Å². The van der Waals surface area contributed by atoms with Crippen LogP contribution >= 0.6 is 12.6 Å². The number of thiol groups is 1. The zero-order valence-corrected chi connectivity index (χ0v) is 9.31. The van der Waals surface area contributed by atoms with Crippen LogP contribution in [0.15, 0.2) is 0 Å². The van der Waals surface area contributed by atoms with E-state index >= 15 is 0 Å². The van der Waals surface area contributed by atoms with Crippen LogP contribution in [-0.2, 0) is 4.79 Å². The van der Waals surface area contributed by atoms with Crippen LogP contribution in [0.2, 0.25) is 0 Å². The molecule has 0 amide bonds. The van der Waals surface area contributed by atoms with Gasteiger partial charge in [-0.15, -0.1) is 12.6 Å². The minimum Gasteiger partial charge on any atom is -0.321 e. The monoisotopic (exact) mass is 204 g/mol. The maximum absolute atomic E-state index is 10.6. The Bertz CT molecular complexity index is 151. The molecule has 3 N–H and O–H groups in total. The van der Waals surface area contributed by atoms with Crippen molar-refractivity contribution in [3.8, 4) is 0 Å². The fourth-order valence-electron chi connectivity index (χ4n) is 1.00. The van der Waals surface area contributed by atoms with Crippen molar-refractivity contribution in [2.75, 3.05) is 6.54 Å². The molecule has 0 aromatic heterocycles. The number of carbonyl (C=O) groups excluding carboxylic acids is 1. The first-order valence-corrected chi connectivity index (χ1v) is 5.20. The van der Waals surface area contributed by atoms with Crippen LogP contribution in [0, 0.1) is 0 Å².